The first kappa shape index (κ1) is 11.6. The molecule has 0 aliphatic carbocycles. The summed E-state index contributed by atoms with van der Waals surface area (Å²) in [4.78, 5) is 19.5. The lowest BCUT2D eigenvalue weighted by Gasteiger charge is -1.89. The fourth-order valence-corrected chi connectivity index (χ4v) is 0.455. The van der Waals surface area contributed by atoms with Crippen molar-refractivity contribution in [2.75, 3.05) is 0 Å². The van der Waals surface area contributed by atoms with Crippen LogP contribution in [0.1, 0.15) is 30.8 Å². The van der Waals surface area contributed by atoms with E-state index in [1.807, 2.05) is 13.8 Å². The van der Waals surface area contributed by atoms with Crippen LogP contribution < -0.4 is 0 Å². The SMILES string of the molecule is CCC(C)C=O.O=Cc1ccco1. The van der Waals surface area contributed by atoms with E-state index in [4.69, 9.17) is 0 Å². The summed E-state index contributed by atoms with van der Waals surface area (Å²) in [5.41, 5.74) is 0. The van der Waals surface area contributed by atoms with Crippen LogP contribution in [0.3, 0.4) is 0 Å². The van der Waals surface area contributed by atoms with Gasteiger partial charge in [0.2, 0.25) is 0 Å². The van der Waals surface area contributed by atoms with Gasteiger partial charge in [0.25, 0.3) is 0 Å². The number of furan rings is 1. The maximum atomic E-state index is 9.77. The second-order valence-electron chi connectivity index (χ2n) is 2.65. The summed E-state index contributed by atoms with van der Waals surface area (Å²) in [5, 5.41) is 0. The van der Waals surface area contributed by atoms with E-state index in [9.17, 15) is 9.59 Å². The molecule has 3 nitrogen and oxygen atoms in total. The number of aldehydes is 2. The molecule has 0 N–H and O–H groups in total. The monoisotopic (exact) mass is 182 g/mol. The summed E-state index contributed by atoms with van der Waals surface area (Å²) < 4.78 is 4.61. The van der Waals surface area contributed by atoms with Crippen LogP contribution >= 0.6 is 0 Å². The van der Waals surface area contributed by atoms with Crippen LogP contribution in [0.15, 0.2) is 22.8 Å². The molecule has 0 saturated heterocycles. The van der Waals surface area contributed by atoms with Crippen molar-refractivity contribution < 1.29 is 14.0 Å². The Bertz CT molecular complexity index is 226. The molecule has 1 unspecified atom stereocenters. The van der Waals surface area contributed by atoms with Crippen molar-refractivity contribution in [3.8, 4) is 0 Å². The molecule has 1 aromatic heterocycles. The molecule has 0 aliphatic heterocycles. The number of hydrogen-bond donors (Lipinski definition) is 0. The molecular formula is C10H14O3. The Morgan fingerprint density at radius 2 is 2.23 bits per heavy atom. The fourth-order valence-electron chi connectivity index (χ4n) is 0.455. The highest BCUT2D eigenvalue weighted by atomic mass is 16.3. The number of hydrogen-bond acceptors (Lipinski definition) is 3. The van der Waals surface area contributed by atoms with Crippen molar-refractivity contribution in [1.82, 2.24) is 0 Å². The van der Waals surface area contributed by atoms with Crippen LogP contribution in [0.25, 0.3) is 0 Å². The maximum absolute atomic E-state index is 9.77. The summed E-state index contributed by atoms with van der Waals surface area (Å²) >= 11 is 0. The van der Waals surface area contributed by atoms with E-state index in [0.29, 0.717) is 12.0 Å². The molecule has 0 saturated carbocycles. The maximum Gasteiger partial charge on any atom is 0.185 e. The Balaban J connectivity index is 0.000000226. The van der Waals surface area contributed by atoms with Crippen molar-refractivity contribution >= 4 is 12.6 Å². The van der Waals surface area contributed by atoms with Crippen molar-refractivity contribution in [1.29, 1.82) is 0 Å². The lowest BCUT2D eigenvalue weighted by molar-refractivity contribution is -0.110. The lowest BCUT2D eigenvalue weighted by atomic mass is 10.2. The van der Waals surface area contributed by atoms with Gasteiger partial charge in [0.05, 0.1) is 6.26 Å². The summed E-state index contributed by atoms with van der Waals surface area (Å²) in [6.45, 7) is 3.91. The van der Waals surface area contributed by atoms with Gasteiger partial charge < -0.3 is 9.21 Å². The Labute approximate surface area is 77.7 Å². The highest BCUT2D eigenvalue weighted by Gasteiger charge is 1.89. The van der Waals surface area contributed by atoms with Gasteiger partial charge in [0.1, 0.15) is 6.29 Å². The van der Waals surface area contributed by atoms with Gasteiger partial charge in [0.15, 0.2) is 12.0 Å². The molecule has 1 heterocycles. The van der Waals surface area contributed by atoms with Crippen LogP contribution in [0, 0.1) is 5.92 Å². The normalized spacial score (nSPS) is 10.9. The zero-order chi connectivity index (χ0) is 10.1. The summed E-state index contributed by atoms with van der Waals surface area (Å²) in [6.07, 6.45) is 4.06. The third kappa shape index (κ3) is 5.84. The fraction of sp³-hybridized carbons (Fsp3) is 0.400. The van der Waals surface area contributed by atoms with E-state index in [-0.39, 0.29) is 5.92 Å². The van der Waals surface area contributed by atoms with Gasteiger partial charge in [-0.3, -0.25) is 4.79 Å². The van der Waals surface area contributed by atoms with E-state index in [2.05, 4.69) is 4.42 Å². The molecule has 1 rings (SSSR count). The van der Waals surface area contributed by atoms with Crippen LogP contribution in [0.2, 0.25) is 0 Å². The molecule has 13 heavy (non-hydrogen) atoms. The molecule has 0 aliphatic rings. The van der Waals surface area contributed by atoms with Crippen LogP contribution in [0.5, 0.6) is 0 Å². The summed E-state index contributed by atoms with van der Waals surface area (Å²) in [7, 11) is 0. The van der Waals surface area contributed by atoms with Gasteiger partial charge in [-0.15, -0.1) is 0 Å². The third-order valence-corrected chi connectivity index (χ3v) is 1.54. The van der Waals surface area contributed by atoms with Crippen molar-refractivity contribution in [3.05, 3.63) is 24.2 Å². The second-order valence-corrected chi connectivity index (χ2v) is 2.65. The minimum Gasteiger partial charge on any atom is -0.462 e. The average molecular weight is 182 g/mol. The highest BCUT2D eigenvalue weighted by Crippen LogP contribution is 1.92. The van der Waals surface area contributed by atoms with Gasteiger partial charge in [-0.1, -0.05) is 13.8 Å². The highest BCUT2D eigenvalue weighted by molar-refractivity contribution is 5.69. The molecule has 72 valence electrons. The lowest BCUT2D eigenvalue weighted by Crippen LogP contribution is -1.89. The minimum absolute atomic E-state index is 0.255. The molecule has 0 spiro atoms. The Kier molecular flexibility index (Phi) is 6.51. The molecule has 0 radical (unpaired) electrons. The molecule has 1 atom stereocenters. The van der Waals surface area contributed by atoms with E-state index in [0.717, 1.165) is 12.7 Å². The quantitative estimate of drug-likeness (QED) is 0.674. The zero-order valence-electron chi connectivity index (χ0n) is 7.90. The van der Waals surface area contributed by atoms with Gasteiger partial charge in [0, 0.05) is 5.92 Å². The average Bonchev–Trinajstić information content (AvgIpc) is 2.70. The zero-order valence-corrected chi connectivity index (χ0v) is 7.90. The first-order chi connectivity index (χ1) is 6.24. The first-order valence-corrected chi connectivity index (χ1v) is 4.18. The number of carbonyl (C=O) groups is 2. The molecule has 0 aromatic carbocycles. The van der Waals surface area contributed by atoms with Crippen molar-refractivity contribution in [2.45, 2.75) is 20.3 Å². The van der Waals surface area contributed by atoms with E-state index >= 15 is 0 Å². The van der Waals surface area contributed by atoms with Crippen molar-refractivity contribution in [3.63, 3.8) is 0 Å². The van der Waals surface area contributed by atoms with Crippen LogP contribution in [0.4, 0.5) is 0 Å². The number of rotatable bonds is 3. The first-order valence-electron chi connectivity index (χ1n) is 4.18. The molecule has 1 aromatic rings. The van der Waals surface area contributed by atoms with E-state index < -0.39 is 0 Å². The van der Waals surface area contributed by atoms with E-state index in [1.165, 1.54) is 6.26 Å². The molecular weight excluding hydrogens is 168 g/mol. The smallest absolute Gasteiger partial charge is 0.185 e. The van der Waals surface area contributed by atoms with Crippen LogP contribution in [-0.2, 0) is 4.79 Å². The predicted molar refractivity (Wildman–Crippen MR) is 49.6 cm³/mol. The van der Waals surface area contributed by atoms with Crippen LogP contribution in [-0.4, -0.2) is 12.6 Å². The molecule has 3 heteroatoms. The standard InChI is InChI=1S/C5H4O2.C5H10O/c6-4-5-2-1-3-7-5;1-3-5(2)4-6/h1-4H;4-5H,3H2,1-2H3. The van der Waals surface area contributed by atoms with Gasteiger partial charge in [-0.05, 0) is 18.6 Å². The van der Waals surface area contributed by atoms with Gasteiger partial charge in [-0.2, -0.15) is 0 Å². The number of carbonyl (C=O) groups excluding carboxylic acids is 2. The van der Waals surface area contributed by atoms with Crippen molar-refractivity contribution in [2.24, 2.45) is 5.92 Å². The van der Waals surface area contributed by atoms with Gasteiger partial charge >= 0.3 is 0 Å². The van der Waals surface area contributed by atoms with Gasteiger partial charge in [-0.25, -0.2) is 0 Å². The Hall–Kier alpha value is -1.38. The molecule has 0 fully saturated rings. The second kappa shape index (κ2) is 7.28. The molecule has 0 amide bonds. The predicted octanol–water partition coefficient (Wildman–Crippen LogP) is 2.32. The third-order valence-electron chi connectivity index (χ3n) is 1.54. The minimum atomic E-state index is 0.255. The van der Waals surface area contributed by atoms with E-state index in [1.54, 1.807) is 12.1 Å². The topological polar surface area (TPSA) is 47.3 Å². The Morgan fingerprint density at radius 1 is 1.54 bits per heavy atom. The Morgan fingerprint density at radius 3 is 2.38 bits per heavy atom. The summed E-state index contributed by atoms with van der Waals surface area (Å²) in [6, 6.07) is 3.27. The summed E-state index contributed by atoms with van der Waals surface area (Å²) in [5.74, 6) is 0.630. The largest absolute Gasteiger partial charge is 0.462 e. The molecule has 0 bridgehead atoms.